The highest BCUT2D eigenvalue weighted by atomic mass is 35.5. The highest BCUT2D eigenvalue weighted by molar-refractivity contribution is 6.30. The Morgan fingerprint density at radius 3 is 2.53 bits per heavy atom. The van der Waals surface area contributed by atoms with Crippen LogP contribution in [0.1, 0.15) is 33.6 Å². The van der Waals surface area contributed by atoms with E-state index in [1.165, 1.54) is 0 Å². The third kappa shape index (κ3) is 5.87. The summed E-state index contributed by atoms with van der Waals surface area (Å²) in [6, 6.07) is 9.53. The van der Waals surface area contributed by atoms with Crippen LogP contribution in [0.4, 0.5) is 0 Å². The van der Waals surface area contributed by atoms with Crippen LogP contribution < -0.4 is 16.2 Å². The number of hydrogen-bond donors (Lipinski definition) is 2. The highest BCUT2D eigenvalue weighted by Crippen LogP contribution is 2.16. The molecule has 0 aliphatic heterocycles. The van der Waals surface area contributed by atoms with E-state index in [1.807, 2.05) is 62.8 Å². The minimum atomic E-state index is -0.197. The van der Waals surface area contributed by atoms with Crippen molar-refractivity contribution in [2.24, 2.45) is 0 Å². The van der Waals surface area contributed by atoms with Crippen molar-refractivity contribution in [2.45, 2.75) is 53.4 Å². The maximum Gasteiger partial charge on any atom is 0.254 e. The maximum atomic E-state index is 13.0. The summed E-state index contributed by atoms with van der Waals surface area (Å²) in [5, 5.41) is 11.1. The van der Waals surface area contributed by atoms with Crippen LogP contribution in [0.15, 0.2) is 41.3 Å². The fourth-order valence-corrected chi connectivity index (χ4v) is 3.94. The van der Waals surface area contributed by atoms with Gasteiger partial charge in [-0.15, -0.1) is 0 Å². The van der Waals surface area contributed by atoms with E-state index >= 15 is 0 Å². The molecule has 8 heteroatoms. The lowest BCUT2D eigenvalue weighted by molar-refractivity contribution is -0.120. The Morgan fingerprint density at radius 2 is 1.84 bits per heavy atom. The number of hydrogen-bond acceptors (Lipinski definition) is 4. The first-order valence-corrected chi connectivity index (χ1v) is 11.0. The van der Waals surface area contributed by atoms with Gasteiger partial charge in [-0.05, 0) is 68.8 Å². The van der Waals surface area contributed by atoms with Gasteiger partial charge in [0, 0.05) is 42.1 Å². The lowest BCUT2D eigenvalue weighted by Crippen LogP contribution is -2.32. The number of rotatable bonds is 9. The molecule has 0 unspecified atom stereocenters. The van der Waals surface area contributed by atoms with E-state index < -0.39 is 0 Å². The predicted molar refractivity (Wildman–Crippen MR) is 127 cm³/mol. The molecule has 0 atom stereocenters. The van der Waals surface area contributed by atoms with Crippen LogP contribution in [-0.4, -0.2) is 27.3 Å². The summed E-state index contributed by atoms with van der Waals surface area (Å²) in [4.78, 5) is 25.7. The van der Waals surface area contributed by atoms with E-state index in [4.69, 9.17) is 11.6 Å². The molecule has 0 aliphatic carbocycles. The zero-order valence-corrected chi connectivity index (χ0v) is 19.8. The molecule has 0 bridgehead atoms. The summed E-state index contributed by atoms with van der Waals surface area (Å²) in [5.74, 6) is -0.197. The number of nitrogens with one attached hydrogen (secondary N) is 2. The number of aryl methyl sites for hydroxylation is 5. The van der Waals surface area contributed by atoms with E-state index in [0.29, 0.717) is 36.8 Å². The molecule has 0 saturated carbocycles. The van der Waals surface area contributed by atoms with Crippen LogP contribution in [-0.2, 0) is 37.4 Å². The molecule has 7 nitrogen and oxygen atoms in total. The molecule has 0 aliphatic rings. The van der Waals surface area contributed by atoms with Crippen LogP contribution in [0, 0.1) is 20.8 Å². The minimum Gasteiger partial charge on any atom is -0.352 e. The van der Waals surface area contributed by atoms with E-state index in [9.17, 15) is 9.59 Å². The van der Waals surface area contributed by atoms with Crippen molar-refractivity contribution < 1.29 is 4.79 Å². The molecule has 0 radical (unpaired) electrons. The minimum absolute atomic E-state index is 0.0351. The molecule has 2 heterocycles. The standard InChI is InChI=1S/C24H30ClN5O2/c1-16-7-8-29(9-10-30-18(3)11-17(2)28-30)24(32)22(16)13-23(31)27-15-20-12-21(25)6-5-19(20)14-26-4/h5-8,11-12,26H,9-10,13-15H2,1-4H3,(H,27,31). The normalized spacial score (nSPS) is 11.0. The Hall–Kier alpha value is -2.90. The molecule has 3 aromatic rings. The van der Waals surface area contributed by atoms with Crippen LogP contribution >= 0.6 is 11.6 Å². The van der Waals surface area contributed by atoms with Gasteiger partial charge in [-0.25, -0.2) is 0 Å². The molecule has 0 fully saturated rings. The third-order valence-corrected chi connectivity index (χ3v) is 5.74. The van der Waals surface area contributed by atoms with Crippen molar-refractivity contribution in [3.8, 4) is 0 Å². The predicted octanol–water partition coefficient (Wildman–Crippen LogP) is 2.90. The quantitative estimate of drug-likeness (QED) is 0.520. The Morgan fingerprint density at radius 1 is 1.06 bits per heavy atom. The zero-order chi connectivity index (χ0) is 23.3. The van der Waals surface area contributed by atoms with Crippen LogP contribution in [0.5, 0.6) is 0 Å². The second-order valence-electron chi connectivity index (χ2n) is 8.02. The molecule has 1 amide bonds. The lowest BCUT2D eigenvalue weighted by atomic mass is 10.1. The molecular weight excluding hydrogens is 426 g/mol. The Bertz CT molecular complexity index is 1170. The number of carbonyl (C=O) groups excluding carboxylic acids is 1. The summed E-state index contributed by atoms with van der Waals surface area (Å²) in [6.45, 7) is 7.92. The first-order valence-electron chi connectivity index (χ1n) is 10.7. The van der Waals surface area contributed by atoms with E-state index in [1.54, 1.807) is 10.8 Å². The van der Waals surface area contributed by atoms with Gasteiger partial charge < -0.3 is 15.2 Å². The second kappa shape index (κ2) is 10.6. The molecule has 32 heavy (non-hydrogen) atoms. The fourth-order valence-electron chi connectivity index (χ4n) is 3.75. The number of pyridine rings is 1. The molecule has 170 valence electrons. The van der Waals surface area contributed by atoms with Crippen LogP contribution in [0.25, 0.3) is 0 Å². The van der Waals surface area contributed by atoms with Crippen LogP contribution in [0.3, 0.4) is 0 Å². The molecule has 2 N–H and O–H groups in total. The first kappa shape index (κ1) is 23.8. The summed E-state index contributed by atoms with van der Waals surface area (Å²) < 4.78 is 3.54. The van der Waals surface area contributed by atoms with Crippen molar-refractivity contribution in [1.29, 1.82) is 0 Å². The van der Waals surface area contributed by atoms with E-state index in [-0.39, 0.29) is 17.9 Å². The first-order chi connectivity index (χ1) is 15.3. The van der Waals surface area contributed by atoms with Gasteiger partial charge >= 0.3 is 0 Å². The van der Waals surface area contributed by atoms with Crippen molar-refractivity contribution in [3.63, 3.8) is 0 Å². The number of halogens is 1. The fraction of sp³-hybridized carbons (Fsp3) is 0.375. The molecular formula is C24H30ClN5O2. The maximum absolute atomic E-state index is 13.0. The molecule has 1 aromatic carbocycles. The van der Waals surface area contributed by atoms with Gasteiger partial charge in [-0.1, -0.05) is 17.7 Å². The zero-order valence-electron chi connectivity index (χ0n) is 19.0. The van der Waals surface area contributed by atoms with Gasteiger partial charge in [-0.3, -0.25) is 14.3 Å². The molecule has 3 rings (SSSR count). The lowest BCUT2D eigenvalue weighted by Gasteiger charge is -2.13. The van der Waals surface area contributed by atoms with Crippen molar-refractivity contribution >= 4 is 17.5 Å². The van der Waals surface area contributed by atoms with Gasteiger partial charge in [0.05, 0.1) is 18.7 Å². The smallest absolute Gasteiger partial charge is 0.254 e. The van der Waals surface area contributed by atoms with Crippen molar-refractivity contribution in [1.82, 2.24) is 25.0 Å². The van der Waals surface area contributed by atoms with Crippen molar-refractivity contribution in [2.75, 3.05) is 7.05 Å². The molecule has 2 aromatic heterocycles. The second-order valence-corrected chi connectivity index (χ2v) is 8.46. The number of benzene rings is 1. The number of aromatic nitrogens is 3. The van der Waals surface area contributed by atoms with Gasteiger partial charge in [0.15, 0.2) is 0 Å². The molecule has 0 saturated heterocycles. The Labute approximate surface area is 193 Å². The number of amides is 1. The summed E-state index contributed by atoms with van der Waals surface area (Å²) in [6.07, 6.45) is 1.81. The van der Waals surface area contributed by atoms with Gasteiger partial charge in [0.25, 0.3) is 5.56 Å². The van der Waals surface area contributed by atoms with Crippen molar-refractivity contribution in [3.05, 3.63) is 85.5 Å². The van der Waals surface area contributed by atoms with Crippen LogP contribution in [0.2, 0.25) is 5.02 Å². The average molecular weight is 456 g/mol. The average Bonchev–Trinajstić information content (AvgIpc) is 3.07. The number of nitrogens with zero attached hydrogens (tertiary/aromatic N) is 3. The number of carbonyl (C=O) groups is 1. The highest BCUT2D eigenvalue weighted by Gasteiger charge is 2.13. The summed E-state index contributed by atoms with van der Waals surface area (Å²) in [7, 11) is 1.87. The van der Waals surface area contributed by atoms with E-state index in [2.05, 4.69) is 15.7 Å². The third-order valence-electron chi connectivity index (χ3n) is 5.50. The van der Waals surface area contributed by atoms with Gasteiger partial charge in [-0.2, -0.15) is 5.10 Å². The topological polar surface area (TPSA) is 80.9 Å². The monoisotopic (exact) mass is 455 g/mol. The SMILES string of the molecule is CNCc1ccc(Cl)cc1CNC(=O)Cc1c(C)ccn(CCn2nc(C)cc2C)c1=O. The molecule has 0 spiro atoms. The van der Waals surface area contributed by atoms with Gasteiger partial charge in [0.1, 0.15) is 0 Å². The summed E-state index contributed by atoms with van der Waals surface area (Å²) in [5.41, 5.74) is 5.22. The largest absolute Gasteiger partial charge is 0.352 e. The Kier molecular flexibility index (Phi) is 7.88. The summed E-state index contributed by atoms with van der Waals surface area (Å²) >= 11 is 6.12. The van der Waals surface area contributed by atoms with Gasteiger partial charge in [0.2, 0.25) is 5.91 Å². The van der Waals surface area contributed by atoms with E-state index in [0.717, 1.165) is 28.1 Å². The Balaban J connectivity index is 1.68.